The van der Waals surface area contributed by atoms with Crippen molar-refractivity contribution in [3.63, 3.8) is 0 Å². The zero-order valence-corrected chi connectivity index (χ0v) is 18.9. The van der Waals surface area contributed by atoms with Gasteiger partial charge in [0, 0.05) is 29.5 Å². The number of amides is 1. The first kappa shape index (κ1) is 21.3. The van der Waals surface area contributed by atoms with E-state index in [1.54, 1.807) is 0 Å². The maximum Gasteiger partial charge on any atom is 0.274 e. The van der Waals surface area contributed by atoms with Crippen LogP contribution in [0.5, 0.6) is 0 Å². The lowest BCUT2D eigenvalue weighted by Crippen LogP contribution is -2.54. The van der Waals surface area contributed by atoms with Gasteiger partial charge in [-0.2, -0.15) is 5.10 Å². The van der Waals surface area contributed by atoms with Gasteiger partial charge in [0.2, 0.25) is 0 Å². The maximum absolute atomic E-state index is 13.3. The second-order valence-electron chi connectivity index (χ2n) is 10.3. The highest BCUT2D eigenvalue weighted by Crippen LogP contribution is 2.30. The number of carbonyl (C=O) groups excluding carboxylic acids is 1. The van der Waals surface area contributed by atoms with Gasteiger partial charge in [-0.25, -0.2) is 9.50 Å². The van der Waals surface area contributed by atoms with Gasteiger partial charge in [-0.15, -0.1) is 0 Å². The summed E-state index contributed by atoms with van der Waals surface area (Å²) in [5.74, 6) is 0.948. The van der Waals surface area contributed by atoms with Crippen molar-refractivity contribution in [2.45, 2.75) is 96.6 Å². The first-order valence-electron chi connectivity index (χ1n) is 11.6. The molecular weight excluding hydrogens is 376 g/mol. The average Bonchev–Trinajstić information content (AvgIpc) is 3.11. The molecule has 6 nitrogen and oxygen atoms in total. The molecule has 1 saturated heterocycles. The minimum atomic E-state index is -0.384. The van der Waals surface area contributed by atoms with Crippen LogP contribution in [0.4, 0.5) is 0 Å². The molecule has 0 aromatic carbocycles. The van der Waals surface area contributed by atoms with Crippen LogP contribution in [-0.4, -0.2) is 48.7 Å². The van der Waals surface area contributed by atoms with E-state index in [1.807, 2.05) is 29.3 Å². The number of rotatable bonds is 4. The van der Waals surface area contributed by atoms with Gasteiger partial charge in [-0.3, -0.25) is 4.79 Å². The van der Waals surface area contributed by atoms with Crippen LogP contribution in [-0.2, 0) is 6.42 Å². The van der Waals surface area contributed by atoms with Gasteiger partial charge in [0.1, 0.15) is 0 Å². The topological polar surface area (TPSA) is 70.7 Å². The zero-order valence-electron chi connectivity index (χ0n) is 18.9. The van der Waals surface area contributed by atoms with Crippen LogP contribution in [0.15, 0.2) is 12.1 Å². The molecule has 2 aliphatic rings. The summed E-state index contributed by atoms with van der Waals surface area (Å²) in [5.41, 5.74) is 3.07. The molecule has 0 radical (unpaired) electrons. The zero-order chi connectivity index (χ0) is 21.5. The van der Waals surface area contributed by atoms with E-state index >= 15 is 0 Å². The Balaban J connectivity index is 1.65. The molecule has 1 unspecified atom stereocenters. The number of fused-ring (bicyclic) bond motifs is 1. The fourth-order valence-electron chi connectivity index (χ4n) is 5.24. The molecule has 6 heteroatoms. The lowest BCUT2D eigenvalue weighted by atomic mass is 9.86. The van der Waals surface area contributed by atoms with Gasteiger partial charge in [0.25, 0.3) is 5.91 Å². The molecule has 1 amide bonds. The van der Waals surface area contributed by atoms with Crippen LogP contribution in [0.25, 0.3) is 5.65 Å². The number of aliphatic hydroxyl groups excluding tert-OH is 1. The lowest BCUT2D eigenvalue weighted by Gasteiger charge is -2.44. The third-order valence-electron chi connectivity index (χ3n) is 6.94. The van der Waals surface area contributed by atoms with E-state index in [-0.39, 0.29) is 17.6 Å². The molecule has 1 saturated carbocycles. The van der Waals surface area contributed by atoms with Crippen LogP contribution >= 0.6 is 0 Å². The molecular formula is C24H36N4O2. The lowest BCUT2D eigenvalue weighted by molar-refractivity contribution is 0.00290. The summed E-state index contributed by atoms with van der Waals surface area (Å²) in [6.45, 7) is 8.92. The van der Waals surface area contributed by atoms with Gasteiger partial charge in [0.15, 0.2) is 11.3 Å². The summed E-state index contributed by atoms with van der Waals surface area (Å²) in [7, 11) is 0. The van der Waals surface area contributed by atoms with Crippen molar-refractivity contribution in [3.8, 4) is 0 Å². The van der Waals surface area contributed by atoms with Crippen molar-refractivity contribution in [1.29, 1.82) is 0 Å². The SMILES string of the molecule is CC(C)c1cc(CC2CCCCC2)nc2cc(C(=O)N3CCC(O)CC3(C)C)nn12. The highest BCUT2D eigenvalue weighted by molar-refractivity contribution is 5.94. The van der Waals surface area contributed by atoms with Crippen LogP contribution in [0, 0.1) is 5.92 Å². The molecule has 2 aromatic heterocycles. The average molecular weight is 413 g/mol. The molecule has 4 rings (SSSR count). The number of aliphatic hydroxyl groups is 1. The molecule has 0 spiro atoms. The van der Waals surface area contributed by atoms with Gasteiger partial charge >= 0.3 is 0 Å². The number of nitrogens with zero attached hydrogens (tertiary/aromatic N) is 4. The summed E-state index contributed by atoms with van der Waals surface area (Å²) < 4.78 is 1.86. The monoisotopic (exact) mass is 412 g/mol. The fourth-order valence-corrected chi connectivity index (χ4v) is 5.24. The predicted octanol–water partition coefficient (Wildman–Crippen LogP) is 4.35. The Bertz CT molecular complexity index is 911. The molecule has 1 aliphatic heterocycles. The van der Waals surface area contributed by atoms with E-state index in [1.165, 1.54) is 32.1 Å². The Morgan fingerprint density at radius 2 is 1.93 bits per heavy atom. The van der Waals surface area contributed by atoms with E-state index in [9.17, 15) is 9.90 Å². The van der Waals surface area contributed by atoms with Crippen molar-refractivity contribution in [3.05, 3.63) is 29.2 Å². The number of likely N-dealkylation sites (tertiary alicyclic amines) is 1. The number of aromatic nitrogens is 3. The van der Waals surface area contributed by atoms with Crippen molar-refractivity contribution in [2.75, 3.05) is 6.54 Å². The van der Waals surface area contributed by atoms with Gasteiger partial charge in [-0.1, -0.05) is 46.0 Å². The fraction of sp³-hybridized carbons (Fsp3) is 0.708. The van der Waals surface area contributed by atoms with E-state index in [0.717, 1.165) is 29.4 Å². The minimum absolute atomic E-state index is 0.0686. The number of hydrogen-bond donors (Lipinski definition) is 1. The second kappa shape index (κ2) is 8.29. The van der Waals surface area contributed by atoms with Crippen molar-refractivity contribution in [1.82, 2.24) is 19.5 Å². The van der Waals surface area contributed by atoms with Crippen molar-refractivity contribution in [2.24, 2.45) is 5.92 Å². The molecule has 1 aliphatic carbocycles. The highest BCUT2D eigenvalue weighted by Gasteiger charge is 2.38. The first-order chi connectivity index (χ1) is 14.2. The van der Waals surface area contributed by atoms with E-state index < -0.39 is 0 Å². The normalized spacial score (nSPS) is 22.7. The Labute approximate surface area is 179 Å². The molecule has 3 heterocycles. The highest BCUT2D eigenvalue weighted by atomic mass is 16.3. The molecule has 1 N–H and O–H groups in total. The molecule has 0 bridgehead atoms. The van der Waals surface area contributed by atoms with Crippen LogP contribution in [0.2, 0.25) is 0 Å². The Morgan fingerprint density at radius 3 is 2.60 bits per heavy atom. The van der Waals surface area contributed by atoms with Crippen LogP contribution in [0.1, 0.15) is 100 Å². The smallest absolute Gasteiger partial charge is 0.274 e. The Kier molecular flexibility index (Phi) is 5.88. The third kappa shape index (κ3) is 4.25. The molecule has 30 heavy (non-hydrogen) atoms. The molecule has 2 fully saturated rings. The Morgan fingerprint density at radius 1 is 1.20 bits per heavy atom. The van der Waals surface area contributed by atoms with Crippen LogP contribution < -0.4 is 0 Å². The number of hydrogen-bond acceptors (Lipinski definition) is 4. The van der Waals surface area contributed by atoms with E-state index in [4.69, 9.17) is 4.98 Å². The Hall–Kier alpha value is -1.95. The van der Waals surface area contributed by atoms with E-state index in [2.05, 4.69) is 25.0 Å². The molecule has 2 aromatic rings. The largest absolute Gasteiger partial charge is 0.393 e. The number of carbonyl (C=O) groups is 1. The first-order valence-corrected chi connectivity index (χ1v) is 11.6. The third-order valence-corrected chi connectivity index (χ3v) is 6.94. The van der Waals surface area contributed by atoms with Crippen LogP contribution in [0.3, 0.4) is 0 Å². The van der Waals surface area contributed by atoms with E-state index in [0.29, 0.717) is 31.0 Å². The minimum Gasteiger partial charge on any atom is -0.393 e. The molecule has 1 atom stereocenters. The molecule has 164 valence electrons. The summed E-state index contributed by atoms with van der Waals surface area (Å²) in [5, 5.41) is 14.7. The standard InChI is InChI=1S/C24H36N4O2/c1-16(2)21-13-18(12-17-8-6-5-7-9-17)25-22-14-20(26-28(21)22)23(30)27-11-10-19(29)15-24(27,3)4/h13-14,16-17,19,29H,5-12,15H2,1-4H3. The van der Waals surface area contributed by atoms with Gasteiger partial charge < -0.3 is 10.0 Å². The van der Waals surface area contributed by atoms with Gasteiger partial charge in [-0.05, 0) is 51.0 Å². The van der Waals surface area contributed by atoms with Gasteiger partial charge in [0.05, 0.1) is 6.10 Å². The number of piperidine rings is 1. The summed E-state index contributed by atoms with van der Waals surface area (Å²) in [6.07, 6.45) is 8.48. The predicted molar refractivity (Wildman–Crippen MR) is 118 cm³/mol. The second-order valence-corrected chi connectivity index (χ2v) is 10.3. The summed E-state index contributed by atoms with van der Waals surface area (Å²) >= 11 is 0. The summed E-state index contributed by atoms with van der Waals surface area (Å²) in [6, 6.07) is 4.04. The quantitative estimate of drug-likeness (QED) is 0.810. The van der Waals surface area contributed by atoms with Crippen molar-refractivity contribution < 1.29 is 9.90 Å². The van der Waals surface area contributed by atoms with Crippen molar-refractivity contribution >= 4 is 11.6 Å². The maximum atomic E-state index is 13.3. The summed E-state index contributed by atoms with van der Waals surface area (Å²) in [4.78, 5) is 20.1.